The van der Waals surface area contributed by atoms with E-state index in [9.17, 15) is 9.59 Å². The molecule has 0 saturated heterocycles. The predicted octanol–water partition coefficient (Wildman–Crippen LogP) is 1.93. The van der Waals surface area contributed by atoms with Crippen molar-refractivity contribution in [2.75, 3.05) is 25.0 Å². The first-order valence-electron chi connectivity index (χ1n) is 8.26. The Balaban J connectivity index is 1.84. The minimum atomic E-state index is -0.407. The van der Waals surface area contributed by atoms with Crippen LogP contribution in [-0.2, 0) is 11.3 Å². The highest BCUT2D eigenvalue weighted by Gasteiger charge is 2.23. The summed E-state index contributed by atoms with van der Waals surface area (Å²) in [7, 11) is 0. The Bertz CT molecular complexity index is 539. The van der Waals surface area contributed by atoms with Gasteiger partial charge >= 0.3 is 6.03 Å². The molecule has 6 nitrogen and oxygen atoms in total. The molecule has 6 heteroatoms. The van der Waals surface area contributed by atoms with E-state index in [1.807, 2.05) is 18.2 Å². The molecule has 0 unspecified atom stereocenters. The van der Waals surface area contributed by atoms with Crippen LogP contribution in [0, 0.1) is 0 Å². The molecular formula is C17H26N4O2. The highest BCUT2D eigenvalue weighted by atomic mass is 16.2. The van der Waals surface area contributed by atoms with Gasteiger partial charge in [0, 0.05) is 18.3 Å². The lowest BCUT2D eigenvalue weighted by molar-refractivity contribution is -0.118. The lowest BCUT2D eigenvalue weighted by Crippen LogP contribution is -2.42. The summed E-state index contributed by atoms with van der Waals surface area (Å²) < 4.78 is 0. The number of nitrogens with zero attached hydrogens (tertiary/aromatic N) is 1. The normalized spacial score (nSPS) is 13.7. The number of nitrogens with one attached hydrogen (secondary N) is 3. The summed E-state index contributed by atoms with van der Waals surface area (Å²) in [4.78, 5) is 25.7. The van der Waals surface area contributed by atoms with Gasteiger partial charge in [0.2, 0.25) is 5.91 Å². The number of hydrogen-bond acceptors (Lipinski definition) is 4. The van der Waals surface area contributed by atoms with Crippen LogP contribution >= 0.6 is 0 Å². The maximum absolute atomic E-state index is 11.8. The van der Waals surface area contributed by atoms with Gasteiger partial charge in [0.1, 0.15) is 0 Å². The van der Waals surface area contributed by atoms with Gasteiger partial charge in [-0.05, 0) is 37.6 Å². The smallest absolute Gasteiger partial charge is 0.321 e. The second kappa shape index (κ2) is 8.53. The van der Waals surface area contributed by atoms with Gasteiger partial charge in [0.05, 0.1) is 6.54 Å². The van der Waals surface area contributed by atoms with Crippen molar-refractivity contribution < 1.29 is 9.59 Å². The zero-order valence-electron chi connectivity index (χ0n) is 13.9. The van der Waals surface area contributed by atoms with E-state index in [0.717, 1.165) is 43.7 Å². The number of benzene rings is 1. The first-order chi connectivity index (χ1) is 11.1. The summed E-state index contributed by atoms with van der Waals surface area (Å²) in [6.07, 6.45) is 2.00. The Morgan fingerprint density at radius 3 is 2.52 bits per heavy atom. The molecule has 0 aliphatic heterocycles. The molecule has 1 aromatic carbocycles. The van der Waals surface area contributed by atoms with Crippen LogP contribution in [0.1, 0.15) is 32.3 Å². The monoisotopic (exact) mass is 318 g/mol. The molecule has 0 atom stereocenters. The molecule has 1 saturated carbocycles. The lowest BCUT2D eigenvalue weighted by atomic mass is 10.1. The minimum absolute atomic E-state index is 0.0767. The summed E-state index contributed by atoms with van der Waals surface area (Å²) in [5.74, 6) is -0.333. The van der Waals surface area contributed by atoms with Crippen LogP contribution in [0.5, 0.6) is 0 Å². The molecule has 126 valence electrons. The van der Waals surface area contributed by atoms with Crippen molar-refractivity contribution in [1.29, 1.82) is 0 Å². The van der Waals surface area contributed by atoms with E-state index in [0.29, 0.717) is 0 Å². The van der Waals surface area contributed by atoms with Crippen LogP contribution in [0.3, 0.4) is 0 Å². The molecule has 23 heavy (non-hydrogen) atoms. The standard InChI is InChI=1S/C17H26N4O2/c1-3-21(4-2)12-13-7-5-6-8-15(13)18-11-16(22)20-17(23)19-14-9-10-14/h5-8,14,18H,3-4,9-12H2,1-2H3,(H2,19,20,22,23). The maximum Gasteiger partial charge on any atom is 0.321 e. The van der Waals surface area contributed by atoms with Crippen LogP contribution in [0.25, 0.3) is 0 Å². The number of hydrogen-bond donors (Lipinski definition) is 3. The minimum Gasteiger partial charge on any atom is -0.376 e. The largest absolute Gasteiger partial charge is 0.376 e. The van der Waals surface area contributed by atoms with Gasteiger partial charge in [-0.1, -0.05) is 32.0 Å². The van der Waals surface area contributed by atoms with Crippen molar-refractivity contribution in [3.05, 3.63) is 29.8 Å². The summed E-state index contributed by atoms with van der Waals surface area (Å²) in [5, 5.41) is 8.19. The quantitative estimate of drug-likeness (QED) is 0.685. The molecular weight excluding hydrogens is 292 g/mol. The Kier molecular flexibility index (Phi) is 6.40. The van der Waals surface area contributed by atoms with Gasteiger partial charge in [-0.2, -0.15) is 0 Å². The van der Waals surface area contributed by atoms with Crippen molar-refractivity contribution in [3.8, 4) is 0 Å². The SMILES string of the molecule is CCN(CC)Cc1ccccc1NCC(=O)NC(=O)NC1CC1. The summed E-state index contributed by atoms with van der Waals surface area (Å²) in [6, 6.07) is 7.77. The molecule has 0 aromatic heterocycles. The Hall–Kier alpha value is -2.08. The van der Waals surface area contributed by atoms with Crippen LogP contribution < -0.4 is 16.0 Å². The molecule has 0 spiro atoms. The number of anilines is 1. The van der Waals surface area contributed by atoms with Crippen LogP contribution in [-0.4, -0.2) is 42.5 Å². The highest BCUT2D eigenvalue weighted by molar-refractivity contribution is 5.96. The van der Waals surface area contributed by atoms with Crippen molar-refractivity contribution in [1.82, 2.24) is 15.5 Å². The molecule has 0 heterocycles. The first kappa shape index (κ1) is 17.3. The average Bonchev–Trinajstić information content (AvgIpc) is 3.35. The second-order valence-corrected chi connectivity index (χ2v) is 5.77. The number of rotatable bonds is 8. The molecule has 0 bridgehead atoms. The van der Waals surface area contributed by atoms with Gasteiger partial charge in [0.25, 0.3) is 0 Å². The lowest BCUT2D eigenvalue weighted by Gasteiger charge is -2.20. The van der Waals surface area contributed by atoms with E-state index in [2.05, 4.69) is 40.8 Å². The van der Waals surface area contributed by atoms with Crippen molar-refractivity contribution in [2.24, 2.45) is 0 Å². The van der Waals surface area contributed by atoms with Gasteiger partial charge in [-0.25, -0.2) is 4.79 Å². The third-order valence-electron chi connectivity index (χ3n) is 3.91. The van der Waals surface area contributed by atoms with Crippen LogP contribution in [0.2, 0.25) is 0 Å². The fourth-order valence-electron chi connectivity index (χ4n) is 2.31. The third kappa shape index (κ3) is 5.90. The molecule has 3 amide bonds. The number of carbonyl (C=O) groups is 2. The van der Waals surface area contributed by atoms with Crippen molar-refractivity contribution >= 4 is 17.6 Å². The second-order valence-electron chi connectivity index (χ2n) is 5.77. The average molecular weight is 318 g/mol. The zero-order valence-corrected chi connectivity index (χ0v) is 13.9. The van der Waals surface area contributed by atoms with Crippen molar-refractivity contribution in [2.45, 2.75) is 39.3 Å². The van der Waals surface area contributed by atoms with Gasteiger partial charge < -0.3 is 10.6 Å². The highest BCUT2D eigenvalue weighted by Crippen LogP contribution is 2.18. The molecule has 0 radical (unpaired) electrons. The predicted molar refractivity (Wildman–Crippen MR) is 91.3 cm³/mol. The Labute approximate surface area is 137 Å². The third-order valence-corrected chi connectivity index (χ3v) is 3.91. The maximum atomic E-state index is 11.8. The van der Waals surface area contributed by atoms with Crippen molar-refractivity contribution in [3.63, 3.8) is 0 Å². The number of carbonyl (C=O) groups excluding carboxylic acids is 2. The molecule has 2 rings (SSSR count). The molecule has 1 aliphatic carbocycles. The zero-order chi connectivity index (χ0) is 16.7. The summed E-state index contributed by atoms with van der Waals surface area (Å²) in [6.45, 7) is 7.13. The van der Waals surface area contributed by atoms with E-state index in [4.69, 9.17) is 0 Å². The molecule has 3 N–H and O–H groups in total. The topological polar surface area (TPSA) is 73.5 Å². The van der Waals surface area contributed by atoms with Gasteiger partial charge in [-0.15, -0.1) is 0 Å². The fourth-order valence-corrected chi connectivity index (χ4v) is 2.31. The van der Waals surface area contributed by atoms with E-state index in [1.165, 1.54) is 0 Å². The molecule has 1 aliphatic rings. The summed E-state index contributed by atoms with van der Waals surface area (Å²) in [5.41, 5.74) is 2.07. The van der Waals surface area contributed by atoms with Crippen LogP contribution in [0.15, 0.2) is 24.3 Å². The Morgan fingerprint density at radius 2 is 1.87 bits per heavy atom. The van der Waals surface area contributed by atoms with E-state index in [-0.39, 0.29) is 18.5 Å². The molecule has 1 aromatic rings. The van der Waals surface area contributed by atoms with E-state index < -0.39 is 6.03 Å². The van der Waals surface area contributed by atoms with Crippen LogP contribution in [0.4, 0.5) is 10.5 Å². The fraction of sp³-hybridized carbons (Fsp3) is 0.529. The molecule has 1 fully saturated rings. The van der Waals surface area contributed by atoms with E-state index >= 15 is 0 Å². The number of urea groups is 1. The number of imide groups is 1. The first-order valence-corrected chi connectivity index (χ1v) is 8.26. The van der Waals surface area contributed by atoms with Gasteiger partial charge in [0.15, 0.2) is 0 Å². The number of para-hydroxylation sites is 1. The van der Waals surface area contributed by atoms with E-state index in [1.54, 1.807) is 0 Å². The number of amides is 3. The van der Waals surface area contributed by atoms with Gasteiger partial charge in [-0.3, -0.25) is 15.0 Å². The summed E-state index contributed by atoms with van der Waals surface area (Å²) >= 11 is 0. The Morgan fingerprint density at radius 1 is 1.17 bits per heavy atom.